The third-order valence-corrected chi connectivity index (χ3v) is 5.24. The fraction of sp³-hybridized carbons (Fsp3) is 0.400. The van der Waals surface area contributed by atoms with Gasteiger partial charge >= 0.3 is 0 Å². The molecule has 1 fully saturated rings. The van der Waals surface area contributed by atoms with Crippen LogP contribution in [-0.2, 0) is 6.54 Å². The number of piperidine rings is 1. The van der Waals surface area contributed by atoms with E-state index in [0.717, 1.165) is 38.3 Å². The van der Waals surface area contributed by atoms with Crippen molar-refractivity contribution in [2.45, 2.75) is 39.2 Å². The van der Waals surface area contributed by atoms with Crippen LogP contribution >= 0.6 is 0 Å². The number of rotatable bonds is 4. The molecule has 0 N–H and O–H groups in total. The molecule has 4 rings (SSSR count). The first-order valence-electron chi connectivity index (χ1n) is 9.25. The second-order valence-electron chi connectivity index (χ2n) is 7.03. The molecule has 4 heterocycles. The lowest BCUT2D eigenvalue weighted by Crippen LogP contribution is -2.38. The number of hydrogen-bond donors (Lipinski definition) is 0. The average Bonchev–Trinajstić information content (AvgIpc) is 3.28. The van der Waals surface area contributed by atoms with E-state index in [0.29, 0.717) is 22.9 Å². The minimum Gasteiger partial charge on any atom is -0.361 e. The highest BCUT2D eigenvalue weighted by Gasteiger charge is 2.29. The molecule has 0 aromatic carbocycles. The third-order valence-electron chi connectivity index (χ3n) is 5.24. The number of carbonyl (C=O) groups is 1. The van der Waals surface area contributed by atoms with Gasteiger partial charge in [-0.3, -0.25) is 9.78 Å². The molecular weight excluding hydrogens is 342 g/mol. The fourth-order valence-electron chi connectivity index (χ4n) is 3.79. The van der Waals surface area contributed by atoms with E-state index in [4.69, 9.17) is 4.52 Å². The Labute approximate surface area is 158 Å². The van der Waals surface area contributed by atoms with Gasteiger partial charge in [0.2, 0.25) is 0 Å². The monoisotopic (exact) mass is 365 g/mol. The van der Waals surface area contributed by atoms with E-state index in [-0.39, 0.29) is 5.91 Å². The normalized spacial score (nSPS) is 15.3. The summed E-state index contributed by atoms with van der Waals surface area (Å²) in [5.41, 5.74) is 2.47. The van der Waals surface area contributed by atoms with Gasteiger partial charge in [0, 0.05) is 50.3 Å². The number of amides is 1. The maximum atomic E-state index is 12.8. The van der Waals surface area contributed by atoms with Crippen LogP contribution in [0.25, 0.3) is 0 Å². The first-order valence-corrected chi connectivity index (χ1v) is 9.25. The lowest BCUT2D eigenvalue weighted by Gasteiger charge is -2.32. The summed E-state index contributed by atoms with van der Waals surface area (Å²) in [7, 11) is 0. The van der Waals surface area contributed by atoms with Gasteiger partial charge in [-0.2, -0.15) is 0 Å². The molecule has 140 valence electrons. The Morgan fingerprint density at radius 1 is 1.19 bits per heavy atom. The second-order valence-corrected chi connectivity index (χ2v) is 7.03. The van der Waals surface area contributed by atoms with Crippen LogP contribution in [-0.4, -0.2) is 43.6 Å². The van der Waals surface area contributed by atoms with E-state index in [1.807, 2.05) is 48.7 Å². The van der Waals surface area contributed by atoms with Crippen molar-refractivity contribution < 1.29 is 9.32 Å². The molecular formula is C20H23N5O2. The molecule has 1 aliphatic rings. The summed E-state index contributed by atoms with van der Waals surface area (Å²) in [5.74, 6) is 2.06. The quantitative estimate of drug-likeness (QED) is 0.710. The Bertz CT molecular complexity index is 904. The molecule has 7 heteroatoms. The van der Waals surface area contributed by atoms with Crippen molar-refractivity contribution in [3.05, 3.63) is 65.3 Å². The molecule has 1 saturated heterocycles. The number of pyridine rings is 1. The van der Waals surface area contributed by atoms with Crippen LogP contribution < -0.4 is 0 Å². The van der Waals surface area contributed by atoms with Gasteiger partial charge < -0.3 is 14.0 Å². The van der Waals surface area contributed by atoms with Crippen LogP contribution in [0.15, 0.2) is 41.4 Å². The summed E-state index contributed by atoms with van der Waals surface area (Å²) in [4.78, 5) is 23.4. The molecule has 0 aliphatic carbocycles. The Hall–Kier alpha value is -2.96. The van der Waals surface area contributed by atoms with E-state index in [9.17, 15) is 4.79 Å². The SMILES string of the molecule is Cc1noc(C)c1C(=O)N1CCC(c2nccn2Cc2ccncc2)CC1. The number of hydrogen-bond acceptors (Lipinski definition) is 5. The predicted molar refractivity (Wildman–Crippen MR) is 99.4 cm³/mol. The summed E-state index contributed by atoms with van der Waals surface area (Å²) >= 11 is 0. The Balaban J connectivity index is 1.43. The second kappa shape index (κ2) is 7.34. The number of imidazole rings is 1. The third kappa shape index (κ3) is 3.49. The van der Waals surface area contributed by atoms with Crippen LogP contribution in [0.2, 0.25) is 0 Å². The van der Waals surface area contributed by atoms with Crippen LogP contribution in [0.5, 0.6) is 0 Å². The van der Waals surface area contributed by atoms with Gasteiger partial charge in [0.05, 0.1) is 5.69 Å². The molecule has 0 radical (unpaired) electrons. The Morgan fingerprint density at radius 2 is 1.93 bits per heavy atom. The molecule has 3 aromatic rings. The van der Waals surface area contributed by atoms with Crippen LogP contribution in [0.4, 0.5) is 0 Å². The number of aryl methyl sites for hydroxylation is 2. The highest BCUT2D eigenvalue weighted by molar-refractivity contribution is 5.96. The zero-order valence-electron chi connectivity index (χ0n) is 15.6. The maximum Gasteiger partial charge on any atom is 0.259 e. The summed E-state index contributed by atoms with van der Waals surface area (Å²) < 4.78 is 7.34. The topological polar surface area (TPSA) is 77.0 Å². The van der Waals surface area contributed by atoms with E-state index < -0.39 is 0 Å². The Kier molecular flexibility index (Phi) is 4.75. The van der Waals surface area contributed by atoms with Crippen LogP contribution in [0.1, 0.15) is 52.0 Å². The standard InChI is InChI=1S/C20H23N5O2/c1-14-18(15(2)27-23-14)20(26)24-10-5-17(6-11-24)19-22-9-12-25(19)13-16-3-7-21-8-4-16/h3-4,7-9,12,17H,5-6,10-11,13H2,1-2H3. The van der Waals surface area contributed by atoms with E-state index >= 15 is 0 Å². The van der Waals surface area contributed by atoms with E-state index in [2.05, 4.69) is 19.7 Å². The minimum atomic E-state index is 0.0184. The first-order chi connectivity index (χ1) is 13.1. The molecule has 0 saturated carbocycles. The molecule has 1 aliphatic heterocycles. The minimum absolute atomic E-state index is 0.0184. The number of carbonyl (C=O) groups excluding carboxylic acids is 1. The van der Waals surface area contributed by atoms with Crippen molar-refractivity contribution in [3.63, 3.8) is 0 Å². The van der Waals surface area contributed by atoms with Crippen molar-refractivity contribution >= 4 is 5.91 Å². The van der Waals surface area contributed by atoms with E-state index in [1.165, 1.54) is 5.56 Å². The fourth-order valence-corrected chi connectivity index (χ4v) is 3.79. The molecule has 0 spiro atoms. The zero-order chi connectivity index (χ0) is 18.8. The first kappa shape index (κ1) is 17.5. The maximum absolute atomic E-state index is 12.8. The van der Waals surface area contributed by atoms with Crippen molar-refractivity contribution in [1.29, 1.82) is 0 Å². The molecule has 0 bridgehead atoms. The van der Waals surface area contributed by atoms with Gasteiger partial charge in [0.15, 0.2) is 0 Å². The molecule has 0 unspecified atom stereocenters. The number of nitrogens with zero attached hydrogens (tertiary/aromatic N) is 5. The van der Waals surface area contributed by atoms with Gasteiger partial charge in [-0.1, -0.05) is 5.16 Å². The molecule has 27 heavy (non-hydrogen) atoms. The summed E-state index contributed by atoms with van der Waals surface area (Å²) in [6.45, 7) is 5.82. The van der Waals surface area contributed by atoms with Crippen LogP contribution in [0, 0.1) is 13.8 Å². The van der Waals surface area contributed by atoms with E-state index in [1.54, 1.807) is 6.92 Å². The summed E-state index contributed by atoms with van der Waals surface area (Å²) in [6, 6.07) is 4.04. The molecule has 3 aromatic heterocycles. The molecule has 1 amide bonds. The lowest BCUT2D eigenvalue weighted by molar-refractivity contribution is 0.0708. The van der Waals surface area contributed by atoms with Crippen molar-refractivity contribution in [3.8, 4) is 0 Å². The summed E-state index contributed by atoms with van der Waals surface area (Å²) in [6.07, 6.45) is 9.31. The lowest BCUT2D eigenvalue weighted by atomic mass is 9.95. The van der Waals surface area contributed by atoms with Gasteiger partial charge in [0.1, 0.15) is 17.1 Å². The van der Waals surface area contributed by atoms with Crippen molar-refractivity contribution in [2.24, 2.45) is 0 Å². The van der Waals surface area contributed by atoms with Crippen LogP contribution in [0.3, 0.4) is 0 Å². The van der Waals surface area contributed by atoms with Gasteiger partial charge in [-0.05, 0) is 44.4 Å². The van der Waals surface area contributed by atoms with Crippen molar-refractivity contribution in [1.82, 2.24) is 24.6 Å². The molecule has 7 nitrogen and oxygen atoms in total. The highest BCUT2D eigenvalue weighted by atomic mass is 16.5. The predicted octanol–water partition coefficient (Wildman–Crippen LogP) is 2.95. The number of likely N-dealkylation sites (tertiary alicyclic amines) is 1. The van der Waals surface area contributed by atoms with Crippen molar-refractivity contribution in [2.75, 3.05) is 13.1 Å². The van der Waals surface area contributed by atoms with Gasteiger partial charge in [0.25, 0.3) is 5.91 Å². The number of aromatic nitrogens is 4. The summed E-state index contributed by atoms with van der Waals surface area (Å²) in [5, 5.41) is 3.90. The average molecular weight is 365 g/mol. The highest BCUT2D eigenvalue weighted by Crippen LogP contribution is 2.28. The van der Waals surface area contributed by atoms with Gasteiger partial charge in [-0.25, -0.2) is 4.98 Å². The Morgan fingerprint density at radius 3 is 2.59 bits per heavy atom. The zero-order valence-corrected chi connectivity index (χ0v) is 15.6. The smallest absolute Gasteiger partial charge is 0.259 e. The van der Waals surface area contributed by atoms with Gasteiger partial charge in [-0.15, -0.1) is 0 Å². The largest absolute Gasteiger partial charge is 0.361 e. The molecule has 0 atom stereocenters.